The Morgan fingerprint density at radius 2 is 0.742 bits per heavy atom. The number of pyridine rings is 3. The van der Waals surface area contributed by atoms with Crippen LogP contribution in [0.3, 0.4) is 0 Å². The SMILES string of the molecule is CCOP(=O)(CCCOCCC1(C)C(=O)c2c(OC)c(=O)c(C(=O)NCc3ccc(F)cc3F)cn2CC1OC)OCC.COC1Cn2cc(C(=O)NCc3ccc(F)cc3F)c(=O)c(O)c2C(=O)C1(C)CCOCCCP(=O)(O)O.COc1c2n(cc(C(=O)NCc3ccc(F)cc3F)c1=O)CC(OC)C(C)(CCOCCCP(=O)(O)O)C2=O. The zero-order chi connectivity index (χ0) is 89.0. The van der Waals surface area contributed by atoms with E-state index < -0.39 is 155 Å². The number of fused-ring (bicyclic) bond motifs is 3. The Morgan fingerprint density at radius 3 is 1.02 bits per heavy atom. The van der Waals surface area contributed by atoms with Gasteiger partial charge in [0.2, 0.25) is 16.3 Å². The molecule has 0 spiro atoms. The monoisotopic (exact) mass is 1760 g/mol. The normalized spacial score (nSPS) is 18.9. The average Bonchev–Trinajstić information content (AvgIpc) is 0.745. The summed E-state index contributed by atoms with van der Waals surface area (Å²) in [4.78, 5) is 154. The summed E-state index contributed by atoms with van der Waals surface area (Å²) in [5.41, 5.74) is -7.60. The number of nitrogens with one attached hydrogen (secondary N) is 3. The molecule has 3 aromatic heterocycles. The number of amides is 3. The van der Waals surface area contributed by atoms with E-state index in [2.05, 4.69) is 16.0 Å². The first-order valence-electron chi connectivity index (χ1n) is 37.7. The van der Waals surface area contributed by atoms with Crippen molar-refractivity contribution < 1.29 is 140 Å². The molecule has 6 unspecified atom stereocenters. The number of Topliss-reactive ketones (excluding diaryl/α,β-unsaturated/α-hetero) is 3. The van der Waals surface area contributed by atoms with Crippen molar-refractivity contribution in [1.29, 1.82) is 0 Å². The molecule has 6 atom stereocenters. The summed E-state index contributed by atoms with van der Waals surface area (Å²) in [6, 6.07) is 8.66. The number of aromatic nitrogens is 3. The fraction of sp³-hybridized carbons (Fsp3) is 0.500. The summed E-state index contributed by atoms with van der Waals surface area (Å²) in [6.07, 6.45) is 2.38. The molecule has 3 amide bonds. The van der Waals surface area contributed by atoms with E-state index in [0.29, 0.717) is 24.6 Å². The first-order valence-corrected chi connectivity index (χ1v) is 43.1. The van der Waals surface area contributed by atoms with Gasteiger partial charge in [-0.25, -0.2) is 26.3 Å². The first-order chi connectivity index (χ1) is 56.5. The lowest BCUT2D eigenvalue weighted by atomic mass is 9.73. The number of methoxy groups -OCH3 is 5. The standard InChI is InChI=1S/C29H39F2N2O9P.C25H31F2N2O9P.C24H29F2N2O9P/c1-6-41-43(37,42-7-2)14-8-12-40-13-11-29(3)23(38-4)18-33-17-21(25(34)26(39-5)24(33)27(29)35)28(36)32-16-19-9-10-20(30)15-22(19)31;1-25(7-9-38-8-4-10-39(33,34)35)19(36-2)14-29-13-17(21(30)22(37-3)20(29)23(25)31)24(32)28-12-15-5-6-16(26)11-18(15)27;1-24(6-8-37-7-3-9-38(33,34)35)18(36-2)13-28-12-16(20(29)21(30)19(28)22(24)31)23(32)27-11-14-4-5-15(25)10-17(14)26/h9-10,15,17,23H,6-8,11-14,16,18H2,1-5H3,(H,32,36);5-6,11,13,19H,4,7-10,12,14H2,1-3H3,(H,28,32)(H2,33,34,35);4-5,10,12,18,30H,3,6-9,11,13H2,1-2H3,(H,27,32)(H2,33,34,35). The maximum Gasteiger partial charge on any atom is 0.330 e. The van der Waals surface area contributed by atoms with Gasteiger partial charge in [-0.1, -0.05) is 18.2 Å². The van der Waals surface area contributed by atoms with E-state index in [0.717, 1.165) is 30.5 Å². The Morgan fingerprint density at radius 1 is 0.450 bits per heavy atom. The first kappa shape index (κ1) is 98.2. The van der Waals surface area contributed by atoms with Crippen molar-refractivity contribution in [2.24, 2.45) is 16.2 Å². The molecule has 6 aromatic rings. The number of hydrogen-bond donors (Lipinski definition) is 8. The van der Waals surface area contributed by atoms with Crippen LogP contribution in [0, 0.1) is 51.1 Å². The van der Waals surface area contributed by atoms with Gasteiger partial charge in [0.1, 0.15) is 68.7 Å². The fourth-order valence-corrected chi connectivity index (χ4v) is 16.5. The lowest BCUT2D eigenvalue weighted by Gasteiger charge is -2.41. The minimum Gasteiger partial charge on any atom is -0.503 e. The Kier molecular flexibility index (Phi) is 35.4. The third-order valence-corrected chi connectivity index (χ3v) is 24.6. The van der Waals surface area contributed by atoms with Gasteiger partial charge in [0, 0.05) is 134 Å². The lowest BCUT2D eigenvalue weighted by molar-refractivity contribution is -0.0293. The van der Waals surface area contributed by atoms with Gasteiger partial charge in [-0.05, 0) is 91.3 Å². The van der Waals surface area contributed by atoms with Gasteiger partial charge in [0.15, 0.2) is 34.6 Å². The molecule has 9 rings (SSSR count). The van der Waals surface area contributed by atoms with E-state index in [4.69, 9.17) is 66.5 Å². The molecule has 6 heterocycles. The van der Waals surface area contributed by atoms with Crippen LogP contribution in [0.2, 0.25) is 0 Å². The van der Waals surface area contributed by atoms with E-state index in [1.807, 2.05) is 0 Å². The lowest BCUT2D eigenvalue weighted by Crippen LogP contribution is -2.50. The summed E-state index contributed by atoms with van der Waals surface area (Å²) in [5, 5.41) is 17.9. The third kappa shape index (κ3) is 24.5. The molecular formula is C78H99F6N6O27P3. The summed E-state index contributed by atoms with van der Waals surface area (Å²) >= 11 is 0. The summed E-state index contributed by atoms with van der Waals surface area (Å²) in [7, 11) is -4.74. The van der Waals surface area contributed by atoms with Gasteiger partial charge in [0.25, 0.3) is 17.7 Å². The minimum absolute atomic E-state index is 0.00111. The highest BCUT2D eigenvalue weighted by Gasteiger charge is 2.52. The molecule has 42 heteroatoms. The van der Waals surface area contributed by atoms with Crippen LogP contribution in [0.4, 0.5) is 26.3 Å². The number of aromatic hydroxyl groups is 1. The van der Waals surface area contributed by atoms with Crippen LogP contribution in [0.25, 0.3) is 0 Å². The number of carbonyl (C=O) groups excluding carboxylic acids is 6. The number of benzene rings is 3. The van der Waals surface area contributed by atoms with Crippen LogP contribution in [0.15, 0.2) is 87.6 Å². The van der Waals surface area contributed by atoms with Gasteiger partial charge in [-0.3, -0.25) is 56.8 Å². The van der Waals surface area contributed by atoms with Crippen molar-refractivity contribution in [3.05, 3.63) is 189 Å². The molecule has 660 valence electrons. The Labute approximate surface area is 685 Å². The van der Waals surface area contributed by atoms with Crippen molar-refractivity contribution in [2.75, 3.05) is 107 Å². The highest BCUT2D eigenvalue weighted by molar-refractivity contribution is 7.53. The maximum absolute atomic E-state index is 14.0. The number of carbonyl (C=O) groups is 6. The molecule has 0 saturated heterocycles. The molecule has 0 bridgehead atoms. The van der Waals surface area contributed by atoms with Crippen LogP contribution in [-0.4, -0.2) is 199 Å². The molecule has 0 radical (unpaired) electrons. The second-order valence-electron chi connectivity index (χ2n) is 28.8. The topological polar surface area (TPSA) is 449 Å². The van der Waals surface area contributed by atoms with Crippen LogP contribution in [0.1, 0.15) is 152 Å². The number of hydrogen-bond acceptors (Lipinski definition) is 23. The fourth-order valence-electron chi connectivity index (χ4n) is 13.8. The smallest absolute Gasteiger partial charge is 0.330 e. The number of ketones is 3. The number of nitrogens with zero attached hydrogens (tertiary/aromatic N) is 3. The molecule has 0 aliphatic carbocycles. The molecule has 3 aliphatic rings. The van der Waals surface area contributed by atoms with Gasteiger partial charge in [0.05, 0.1) is 100 Å². The predicted molar refractivity (Wildman–Crippen MR) is 419 cm³/mol. The number of rotatable bonds is 39. The van der Waals surface area contributed by atoms with Gasteiger partial charge in [-0.15, -0.1) is 0 Å². The molecule has 120 heavy (non-hydrogen) atoms. The summed E-state index contributed by atoms with van der Waals surface area (Å²) in [5.74, 6) is -10.5. The van der Waals surface area contributed by atoms with Gasteiger partial charge in [-0.2, -0.15) is 0 Å². The molecule has 3 aliphatic heterocycles. The van der Waals surface area contributed by atoms with Crippen molar-refractivity contribution in [1.82, 2.24) is 29.7 Å². The quantitative estimate of drug-likeness (QED) is 0.0102. The molecular weight excluding hydrogens is 1660 g/mol. The molecule has 0 saturated carbocycles. The third-order valence-electron chi connectivity index (χ3n) is 20.7. The van der Waals surface area contributed by atoms with Crippen LogP contribution in [0.5, 0.6) is 17.2 Å². The van der Waals surface area contributed by atoms with Gasteiger partial charge >= 0.3 is 22.8 Å². The molecule has 8 N–H and O–H groups in total. The van der Waals surface area contributed by atoms with Crippen LogP contribution < -0.4 is 41.7 Å². The zero-order valence-electron chi connectivity index (χ0n) is 67.6. The van der Waals surface area contributed by atoms with Crippen molar-refractivity contribution in [2.45, 2.75) is 131 Å². The van der Waals surface area contributed by atoms with E-state index in [-0.39, 0.29) is 199 Å². The Bertz CT molecular complexity index is 5050. The Hall–Kier alpha value is -8.88. The van der Waals surface area contributed by atoms with E-state index in [9.17, 15) is 88.3 Å². The minimum atomic E-state index is -4.13. The highest BCUT2D eigenvalue weighted by Crippen LogP contribution is 2.49. The average molecular weight is 1760 g/mol. The summed E-state index contributed by atoms with van der Waals surface area (Å²) in [6.45, 7) is 9.03. The zero-order valence-corrected chi connectivity index (χ0v) is 70.3. The summed E-state index contributed by atoms with van der Waals surface area (Å²) < 4.78 is 175. The molecule has 3 aromatic carbocycles. The van der Waals surface area contributed by atoms with Crippen molar-refractivity contribution in [3.63, 3.8) is 0 Å². The van der Waals surface area contributed by atoms with Crippen LogP contribution >= 0.6 is 22.8 Å². The second-order valence-corrected chi connectivity index (χ2v) is 34.5. The van der Waals surface area contributed by atoms with Crippen LogP contribution in [-0.2, 0) is 90.4 Å². The van der Waals surface area contributed by atoms with Crippen molar-refractivity contribution >= 4 is 57.9 Å². The molecule has 0 fully saturated rings. The second kappa shape index (κ2) is 43.2. The largest absolute Gasteiger partial charge is 0.503 e. The number of halogens is 6. The van der Waals surface area contributed by atoms with Crippen molar-refractivity contribution in [3.8, 4) is 17.2 Å². The van der Waals surface area contributed by atoms with E-state index in [1.165, 1.54) is 73.8 Å². The Balaban J connectivity index is 0.000000249. The predicted octanol–water partition coefficient (Wildman–Crippen LogP) is 8.56. The number of ether oxygens (including phenoxy) is 8. The van der Waals surface area contributed by atoms with Gasteiger partial charge < -0.3 is 101 Å². The molecule has 33 nitrogen and oxygen atoms in total. The van der Waals surface area contributed by atoms with E-state index >= 15 is 0 Å². The van der Waals surface area contributed by atoms with E-state index in [1.54, 1.807) is 34.6 Å². The highest BCUT2D eigenvalue weighted by atomic mass is 31.2. The maximum atomic E-state index is 14.0.